The monoisotopic (exact) mass is 420 g/mol. The summed E-state index contributed by atoms with van der Waals surface area (Å²) in [6.45, 7) is 6.75. The van der Waals surface area contributed by atoms with E-state index in [0.717, 1.165) is 11.4 Å². The SMILES string of the molecule is CCOc1ccc(S(=O)(=O)N2CCN(c3ccc(OC)cc3)CC2)cc1OCC. The highest BCUT2D eigenvalue weighted by molar-refractivity contribution is 7.89. The molecule has 1 fully saturated rings. The van der Waals surface area contributed by atoms with Crippen molar-refractivity contribution < 1.29 is 22.6 Å². The molecule has 0 unspecified atom stereocenters. The van der Waals surface area contributed by atoms with Crippen LogP contribution < -0.4 is 19.1 Å². The minimum Gasteiger partial charge on any atom is -0.497 e. The lowest BCUT2D eigenvalue weighted by Gasteiger charge is -2.35. The molecular weight excluding hydrogens is 392 g/mol. The molecule has 1 aliphatic rings. The second-order valence-electron chi connectivity index (χ2n) is 6.56. The highest BCUT2D eigenvalue weighted by Crippen LogP contribution is 2.32. The van der Waals surface area contributed by atoms with E-state index in [-0.39, 0.29) is 4.90 Å². The maximum Gasteiger partial charge on any atom is 0.243 e. The maximum atomic E-state index is 13.1. The Morgan fingerprint density at radius 2 is 1.48 bits per heavy atom. The van der Waals surface area contributed by atoms with Crippen LogP contribution in [0.5, 0.6) is 17.2 Å². The third-order valence-corrected chi connectivity index (χ3v) is 6.72. The summed E-state index contributed by atoms with van der Waals surface area (Å²) in [6, 6.07) is 12.6. The van der Waals surface area contributed by atoms with Crippen molar-refractivity contribution in [1.82, 2.24) is 4.31 Å². The van der Waals surface area contributed by atoms with Gasteiger partial charge >= 0.3 is 0 Å². The first-order valence-corrected chi connectivity index (χ1v) is 11.2. The van der Waals surface area contributed by atoms with Gasteiger partial charge in [-0.15, -0.1) is 0 Å². The van der Waals surface area contributed by atoms with Gasteiger partial charge in [-0.3, -0.25) is 0 Å². The zero-order valence-corrected chi connectivity index (χ0v) is 17.9. The van der Waals surface area contributed by atoms with Crippen LogP contribution in [0.25, 0.3) is 0 Å². The van der Waals surface area contributed by atoms with Gasteiger partial charge < -0.3 is 19.1 Å². The maximum absolute atomic E-state index is 13.1. The van der Waals surface area contributed by atoms with Crippen LogP contribution in [0.15, 0.2) is 47.4 Å². The molecule has 0 aliphatic carbocycles. The van der Waals surface area contributed by atoms with Crippen LogP contribution in [0.1, 0.15) is 13.8 Å². The normalized spacial score (nSPS) is 15.2. The Kier molecular flexibility index (Phi) is 6.87. The minimum atomic E-state index is -3.60. The van der Waals surface area contributed by atoms with E-state index in [4.69, 9.17) is 14.2 Å². The van der Waals surface area contributed by atoms with Crippen molar-refractivity contribution in [2.75, 3.05) is 51.4 Å². The lowest BCUT2D eigenvalue weighted by Crippen LogP contribution is -2.48. The molecule has 0 amide bonds. The average Bonchev–Trinajstić information content (AvgIpc) is 2.75. The molecule has 0 aromatic heterocycles. The van der Waals surface area contributed by atoms with Crippen molar-refractivity contribution in [3.8, 4) is 17.2 Å². The lowest BCUT2D eigenvalue weighted by atomic mass is 10.2. The number of hydrogen-bond donors (Lipinski definition) is 0. The van der Waals surface area contributed by atoms with E-state index < -0.39 is 10.0 Å². The van der Waals surface area contributed by atoms with Gasteiger partial charge in [-0.1, -0.05) is 0 Å². The Morgan fingerprint density at radius 1 is 0.862 bits per heavy atom. The Hall–Kier alpha value is -2.45. The molecule has 29 heavy (non-hydrogen) atoms. The average molecular weight is 421 g/mol. The summed E-state index contributed by atoms with van der Waals surface area (Å²) in [6.07, 6.45) is 0. The van der Waals surface area contributed by atoms with Crippen molar-refractivity contribution >= 4 is 15.7 Å². The zero-order valence-electron chi connectivity index (χ0n) is 17.1. The predicted molar refractivity (Wildman–Crippen MR) is 113 cm³/mol. The molecular formula is C21H28N2O5S. The lowest BCUT2D eigenvalue weighted by molar-refractivity contribution is 0.287. The molecule has 0 N–H and O–H groups in total. The molecule has 0 saturated carbocycles. The van der Waals surface area contributed by atoms with Crippen LogP contribution in [0.2, 0.25) is 0 Å². The second kappa shape index (κ2) is 9.37. The number of hydrogen-bond acceptors (Lipinski definition) is 6. The van der Waals surface area contributed by atoms with E-state index in [1.165, 1.54) is 4.31 Å². The third kappa shape index (κ3) is 4.76. The molecule has 3 rings (SSSR count). The van der Waals surface area contributed by atoms with E-state index in [2.05, 4.69) is 4.90 Å². The smallest absolute Gasteiger partial charge is 0.243 e. The van der Waals surface area contributed by atoms with Crippen LogP contribution in [0, 0.1) is 0 Å². The number of sulfonamides is 1. The van der Waals surface area contributed by atoms with Gasteiger partial charge in [0.1, 0.15) is 5.75 Å². The molecule has 0 bridgehead atoms. The fourth-order valence-corrected chi connectivity index (χ4v) is 4.76. The molecule has 0 radical (unpaired) electrons. The van der Waals surface area contributed by atoms with E-state index >= 15 is 0 Å². The number of rotatable bonds is 8. The molecule has 1 heterocycles. The van der Waals surface area contributed by atoms with Crippen LogP contribution >= 0.6 is 0 Å². The van der Waals surface area contributed by atoms with Crippen molar-refractivity contribution in [3.05, 3.63) is 42.5 Å². The first kappa shape index (κ1) is 21.3. The summed E-state index contributed by atoms with van der Waals surface area (Å²) in [5.41, 5.74) is 1.06. The molecule has 1 saturated heterocycles. The first-order valence-electron chi connectivity index (χ1n) is 9.78. The van der Waals surface area contributed by atoms with Crippen LogP contribution in [-0.2, 0) is 10.0 Å². The van der Waals surface area contributed by atoms with Crippen molar-refractivity contribution in [2.45, 2.75) is 18.7 Å². The Morgan fingerprint density at radius 3 is 2.07 bits per heavy atom. The van der Waals surface area contributed by atoms with Gasteiger partial charge in [0.25, 0.3) is 0 Å². The fraction of sp³-hybridized carbons (Fsp3) is 0.429. The van der Waals surface area contributed by atoms with E-state index in [0.29, 0.717) is 50.9 Å². The zero-order chi connectivity index (χ0) is 20.9. The highest BCUT2D eigenvalue weighted by Gasteiger charge is 2.29. The van der Waals surface area contributed by atoms with Crippen molar-refractivity contribution in [1.29, 1.82) is 0 Å². The van der Waals surface area contributed by atoms with Gasteiger partial charge in [0.2, 0.25) is 10.0 Å². The fourth-order valence-electron chi connectivity index (χ4n) is 3.32. The molecule has 2 aromatic carbocycles. The quantitative estimate of drug-likeness (QED) is 0.654. The molecule has 0 spiro atoms. The first-order chi connectivity index (χ1) is 14.0. The summed E-state index contributed by atoms with van der Waals surface area (Å²) in [4.78, 5) is 2.40. The minimum absolute atomic E-state index is 0.224. The summed E-state index contributed by atoms with van der Waals surface area (Å²) in [7, 11) is -1.96. The van der Waals surface area contributed by atoms with Crippen LogP contribution in [0.4, 0.5) is 5.69 Å². The van der Waals surface area contributed by atoms with E-state index in [9.17, 15) is 8.42 Å². The second-order valence-corrected chi connectivity index (χ2v) is 8.50. The number of piperazine rings is 1. The van der Waals surface area contributed by atoms with Gasteiger partial charge in [-0.05, 0) is 50.2 Å². The molecule has 0 atom stereocenters. The largest absolute Gasteiger partial charge is 0.497 e. The number of ether oxygens (including phenoxy) is 3. The van der Waals surface area contributed by atoms with Crippen LogP contribution in [0.3, 0.4) is 0 Å². The van der Waals surface area contributed by atoms with Gasteiger partial charge in [0.15, 0.2) is 11.5 Å². The Labute approximate surface area is 172 Å². The van der Waals surface area contributed by atoms with Gasteiger partial charge in [-0.25, -0.2) is 8.42 Å². The summed E-state index contributed by atoms with van der Waals surface area (Å²) in [5.74, 6) is 1.81. The molecule has 158 valence electrons. The van der Waals surface area contributed by atoms with Crippen molar-refractivity contribution in [3.63, 3.8) is 0 Å². The van der Waals surface area contributed by atoms with Crippen LogP contribution in [-0.4, -0.2) is 59.2 Å². The number of anilines is 1. The summed E-state index contributed by atoms with van der Waals surface area (Å²) < 4.78 is 44.1. The third-order valence-electron chi connectivity index (χ3n) is 4.83. The number of benzene rings is 2. The standard InChI is InChI=1S/C21H28N2O5S/c1-4-27-20-11-10-19(16-21(20)28-5-2)29(24,25)23-14-12-22(13-15-23)17-6-8-18(26-3)9-7-17/h6-11,16H,4-5,12-15H2,1-3H3. The molecule has 1 aliphatic heterocycles. The molecule has 7 nitrogen and oxygen atoms in total. The topological polar surface area (TPSA) is 68.3 Å². The number of methoxy groups -OCH3 is 1. The van der Waals surface area contributed by atoms with E-state index in [1.807, 2.05) is 38.1 Å². The predicted octanol–water partition coefficient (Wildman–Crippen LogP) is 3.00. The van der Waals surface area contributed by atoms with Gasteiger partial charge in [0.05, 0.1) is 25.2 Å². The number of nitrogens with zero attached hydrogens (tertiary/aromatic N) is 2. The Balaban J connectivity index is 1.72. The molecule has 8 heteroatoms. The van der Waals surface area contributed by atoms with E-state index in [1.54, 1.807) is 25.3 Å². The summed E-state index contributed by atoms with van der Waals surface area (Å²) >= 11 is 0. The Bertz CT molecular complexity index is 907. The van der Waals surface area contributed by atoms with Gasteiger partial charge in [0, 0.05) is 37.9 Å². The van der Waals surface area contributed by atoms with Crippen molar-refractivity contribution in [2.24, 2.45) is 0 Å². The van der Waals surface area contributed by atoms with Gasteiger partial charge in [-0.2, -0.15) is 4.31 Å². The highest BCUT2D eigenvalue weighted by atomic mass is 32.2. The summed E-state index contributed by atoms with van der Waals surface area (Å²) in [5, 5.41) is 0. The molecule has 2 aromatic rings.